The Kier molecular flexibility index (Phi) is 15.3. The van der Waals surface area contributed by atoms with E-state index in [1.165, 1.54) is 25.0 Å². The molecule has 4 aliphatic rings. The molecule has 0 radical (unpaired) electrons. The fourth-order valence-electron chi connectivity index (χ4n) is 10.2. The summed E-state index contributed by atoms with van der Waals surface area (Å²) >= 11 is 0. The van der Waals surface area contributed by atoms with Crippen LogP contribution in [0, 0.1) is 29.5 Å². The van der Waals surface area contributed by atoms with Gasteiger partial charge in [-0.25, -0.2) is 14.0 Å². The number of fused-ring (bicyclic) bond motifs is 1. The molecule has 6 rings (SSSR count). The average molecular weight is 896 g/mol. The van der Waals surface area contributed by atoms with Crippen LogP contribution in [0.4, 0.5) is 20.6 Å². The number of halogens is 1. The fraction of sp³-hybridized carbons (Fsp3) is 0.646. The molecule has 0 bridgehead atoms. The van der Waals surface area contributed by atoms with Crippen molar-refractivity contribution in [1.29, 1.82) is 0 Å². The number of hydrogen-bond acceptors (Lipinski definition) is 14. The van der Waals surface area contributed by atoms with Crippen LogP contribution in [0.15, 0.2) is 48.5 Å². The second-order valence-electron chi connectivity index (χ2n) is 18.5. The SMILES string of the molecule is CC[C@H]1OC(=O)[C@H](C)C(=O)[C@H](C)[C@@H](OC2O[C@H](C)C[C@H](N(C)C)[C@H]2OC(=O)c2ccccc2)[C@](C)(OC)C[C@@H](C)C(=O)[C@H](C)[C@H]2N(c3ccc(N4CCOCC4)c(F)c3)C(=O)O[C@]12C. The summed E-state index contributed by atoms with van der Waals surface area (Å²) in [7, 11) is 5.19. The Hall–Kier alpha value is -4.48. The summed E-state index contributed by atoms with van der Waals surface area (Å²) in [5.41, 5.74) is -2.18. The van der Waals surface area contributed by atoms with Crippen LogP contribution in [-0.2, 0) is 47.5 Å². The minimum atomic E-state index is -1.62. The molecule has 0 spiro atoms. The van der Waals surface area contributed by atoms with Crippen molar-refractivity contribution in [2.75, 3.05) is 57.3 Å². The van der Waals surface area contributed by atoms with Crippen LogP contribution in [0.3, 0.4) is 0 Å². The Morgan fingerprint density at radius 3 is 2.22 bits per heavy atom. The maximum Gasteiger partial charge on any atom is 0.415 e. The monoisotopic (exact) mass is 895 g/mol. The lowest BCUT2D eigenvalue weighted by Crippen LogP contribution is -2.61. The molecule has 352 valence electrons. The Morgan fingerprint density at radius 2 is 1.61 bits per heavy atom. The molecule has 4 heterocycles. The zero-order valence-electron chi connectivity index (χ0n) is 39.0. The number of carbonyl (C=O) groups excluding carboxylic acids is 5. The van der Waals surface area contributed by atoms with Crippen LogP contribution >= 0.6 is 0 Å². The number of benzene rings is 2. The van der Waals surface area contributed by atoms with Crippen LogP contribution in [0.25, 0.3) is 0 Å². The molecule has 16 heteroatoms. The van der Waals surface area contributed by atoms with Crippen LogP contribution in [0.1, 0.15) is 85.0 Å². The lowest BCUT2D eigenvalue weighted by atomic mass is 9.73. The van der Waals surface area contributed by atoms with Crippen molar-refractivity contribution in [3.8, 4) is 0 Å². The van der Waals surface area contributed by atoms with Gasteiger partial charge >= 0.3 is 18.0 Å². The summed E-state index contributed by atoms with van der Waals surface area (Å²) < 4.78 is 59.5. The predicted octanol–water partition coefficient (Wildman–Crippen LogP) is 6.24. The molecule has 2 aromatic rings. The van der Waals surface area contributed by atoms with Gasteiger partial charge in [-0.3, -0.25) is 19.3 Å². The quantitative estimate of drug-likeness (QED) is 0.158. The number of amides is 1. The maximum atomic E-state index is 16.0. The van der Waals surface area contributed by atoms with Gasteiger partial charge in [-0.2, -0.15) is 0 Å². The molecule has 13 atom stereocenters. The smallest absolute Gasteiger partial charge is 0.415 e. The minimum Gasteiger partial charge on any atom is -0.458 e. The van der Waals surface area contributed by atoms with Gasteiger partial charge in [-0.1, -0.05) is 45.9 Å². The van der Waals surface area contributed by atoms with Crippen LogP contribution < -0.4 is 9.80 Å². The van der Waals surface area contributed by atoms with E-state index in [2.05, 4.69) is 0 Å². The first-order chi connectivity index (χ1) is 30.3. The molecule has 0 aromatic heterocycles. The van der Waals surface area contributed by atoms with Crippen LogP contribution in [0.2, 0.25) is 0 Å². The van der Waals surface area contributed by atoms with E-state index in [1.54, 1.807) is 84.0 Å². The van der Waals surface area contributed by atoms with Gasteiger partial charge in [0.15, 0.2) is 23.8 Å². The molecule has 4 saturated heterocycles. The van der Waals surface area contributed by atoms with Gasteiger partial charge in [-0.15, -0.1) is 0 Å². The highest BCUT2D eigenvalue weighted by atomic mass is 19.1. The number of rotatable bonds is 9. The van der Waals surface area contributed by atoms with Gasteiger partial charge in [-0.05, 0) is 91.4 Å². The van der Waals surface area contributed by atoms with Crippen molar-refractivity contribution in [3.05, 3.63) is 59.9 Å². The molecule has 1 unspecified atom stereocenters. The molecule has 15 nitrogen and oxygen atoms in total. The Labute approximate surface area is 376 Å². The second-order valence-corrected chi connectivity index (χ2v) is 18.5. The third-order valence-corrected chi connectivity index (χ3v) is 13.9. The number of hydrogen-bond donors (Lipinski definition) is 0. The van der Waals surface area contributed by atoms with E-state index in [4.69, 9.17) is 33.2 Å². The van der Waals surface area contributed by atoms with Crippen molar-refractivity contribution < 1.29 is 61.5 Å². The van der Waals surface area contributed by atoms with Gasteiger partial charge in [0.05, 0.1) is 60.0 Å². The zero-order valence-corrected chi connectivity index (χ0v) is 39.0. The number of anilines is 2. The standard InChI is InChI=1S/C48H66FN3O12/c1-12-37-48(8)41(52(46(57)64-48)33-18-19-35(34(49)25-33)51-20-22-59-23-21-51)29(4)38(53)27(2)26-47(7,58-11)42(30(5)39(54)31(6)43(55)61-37)63-45-40(36(50(9)10)24-28(3)60-45)62-44(56)32-16-14-13-15-17-32/h13-19,25,27-31,36-37,40-42,45H,12,20-24,26H2,1-11H3/t27-,28-,29+,30+,31-,36+,37-,40-,41-,42-,45?,47-,48-/m1/s1. The molecule has 64 heavy (non-hydrogen) atoms. The van der Waals surface area contributed by atoms with Crippen molar-refractivity contribution in [2.24, 2.45) is 23.7 Å². The number of morpholine rings is 1. The third kappa shape index (κ3) is 9.72. The van der Waals surface area contributed by atoms with Crippen molar-refractivity contribution in [3.63, 3.8) is 0 Å². The summed E-state index contributed by atoms with van der Waals surface area (Å²) in [5.74, 6) is -6.99. The number of methoxy groups -OCH3 is 1. The van der Waals surface area contributed by atoms with E-state index in [0.717, 1.165) is 0 Å². The molecular weight excluding hydrogens is 830 g/mol. The highest BCUT2D eigenvalue weighted by molar-refractivity contribution is 6.00. The molecule has 0 N–H and O–H groups in total. The van der Waals surface area contributed by atoms with E-state index in [9.17, 15) is 24.0 Å². The van der Waals surface area contributed by atoms with Crippen LogP contribution in [0.5, 0.6) is 0 Å². The van der Waals surface area contributed by atoms with Crippen molar-refractivity contribution in [2.45, 2.75) is 129 Å². The van der Waals surface area contributed by atoms with E-state index < -0.39 is 95.1 Å². The Bertz CT molecular complexity index is 2020. The number of ketones is 2. The average Bonchev–Trinajstić information content (AvgIpc) is 3.56. The number of carbonyl (C=O) groups is 5. The molecule has 4 aliphatic heterocycles. The highest BCUT2D eigenvalue weighted by Crippen LogP contribution is 2.45. The number of likely N-dealkylation sites (N-methyl/N-ethyl adjacent to an activating group) is 1. The number of esters is 2. The summed E-state index contributed by atoms with van der Waals surface area (Å²) in [5, 5.41) is 0. The lowest BCUT2D eigenvalue weighted by molar-refractivity contribution is -0.294. The van der Waals surface area contributed by atoms with Gasteiger partial charge in [0.25, 0.3) is 0 Å². The van der Waals surface area contributed by atoms with Crippen molar-refractivity contribution in [1.82, 2.24) is 4.90 Å². The Morgan fingerprint density at radius 1 is 0.938 bits per heavy atom. The first-order valence-electron chi connectivity index (χ1n) is 22.5. The highest BCUT2D eigenvalue weighted by Gasteiger charge is 2.61. The topological polar surface area (TPSA) is 160 Å². The number of ether oxygens (including phenoxy) is 7. The van der Waals surface area contributed by atoms with E-state index in [0.29, 0.717) is 44.0 Å². The largest absolute Gasteiger partial charge is 0.458 e. The number of cyclic esters (lactones) is 1. The Balaban J connectivity index is 1.40. The van der Waals surface area contributed by atoms with Crippen LogP contribution in [-0.4, -0.2) is 136 Å². The zero-order chi connectivity index (χ0) is 46.8. The van der Waals surface area contributed by atoms with Gasteiger partial charge in [0.1, 0.15) is 23.6 Å². The third-order valence-electron chi connectivity index (χ3n) is 13.9. The van der Waals surface area contributed by atoms with E-state index in [1.807, 2.05) is 30.8 Å². The first kappa shape index (κ1) is 49.0. The lowest BCUT2D eigenvalue weighted by Gasteiger charge is -2.47. The fourth-order valence-corrected chi connectivity index (χ4v) is 10.2. The summed E-state index contributed by atoms with van der Waals surface area (Å²) in [6.45, 7) is 15.4. The predicted molar refractivity (Wildman–Crippen MR) is 234 cm³/mol. The molecule has 1 amide bonds. The van der Waals surface area contributed by atoms with Gasteiger partial charge in [0.2, 0.25) is 0 Å². The number of nitrogens with zero attached hydrogens (tertiary/aromatic N) is 3. The normalized spacial score (nSPS) is 35.7. The molecular formula is C48H66FN3O12. The number of Topliss-reactive ketones (excluding diaryl/α,β-unsaturated/α-hetero) is 2. The summed E-state index contributed by atoms with van der Waals surface area (Å²) in [6.07, 6.45) is -5.01. The molecule has 0 aliphatic carbocycles. The molecule has 0 saturated carbocycles. The summed E-state index contributed by atoms with van der Waals surface area (Å²) in [6, 6.07) is 11.6. The van der Waals surface area contributed by atoms with Gasteiger partial charge < -0.3 is 43.0 Å². The maximum absolute atomic E-state index is 16.0. The van der Waals surface area contributed by atoms with E-state index in [-0.39, 0.29) is 36.5 Å². The molecule has 2 aromatic carbocycles. The second kappa shape index (κ2) is 19.9. The first-order valence-corrected chi connectivity index (χ1v) is 22.5. The summed E-state index contributed by atoms with van der Waals surface area (Å²) in [4.78, 5) is 76.7. The minimum absolute atomic E-state index is 0.0138. The van der Waals surface area contributed by atoms with Gasteiger partial charge in [0, 0.05) is 38.0 Å². The molecule has 4 fully saturated rings. The van der Waals surface area contributed by atoms with E-state index >= 15 is 4.39 Å². The van der Waals surface area contributed by atoms with Crippen molar-refractivity contribution >= 4 is 41.0 Å².